The molecule has 7 heteroatoms. The van der Waals surface area contributed by atoms with E-state index in [9.17, 15) is 12.8 Å². The zero-order valence-corrected chi connectivity index (χ0v) is 12.8. The molecular weight excluding hydrogens is 303 g/mol. The van der Waals surface area contributed by atoms with Crippen LogP contribution in [-0.4, -0.2) is 14.5 Å². The van der Waals surface area contributed by atoms with Gasteiger partial charge in [-0.1, -0.05) is 18.0 Å². The van der Waals surface area contributed by atoms with Gasteiger partial charge in [-0.2, -0.15) is 0 Å². The first-order valence-corrected chi connectivity index (χ1v) is 8.41. The van der Waals surface area contributed by atoms with Crippen LogP contribution in [0.4, 0.5) is 4.39 Å². The number of benzene rings is 1. The molecule has 112 valence electrons. The molecule has 1 aliphatic carbocycles. The van der Waals surface area contributed by atoms with Gasteiger partial charge in [-0.05, 0) is 43.4 Å². The number of halogens is 2. The third kappa shape index (κ3) is 3.14. The topological polar surface area (TPSA) is 72.2 Å². The molecule has 1 aliphatic rings. The smallest absolute Gasteiger partial charge is 0.240 e. The predicted molar refractivity (Wildman–Crippen MR) is 76.4 cm³/mol. The molecule has 1 unspecified atom stereocenters. The van der Waals surface area contributed by atoms with Crippen molar-refractivity contribution < 1.29 is 12.8 Å². The van der Waals surface area contributed by atoms with Gasteiger partial charge in [0.1, 0.15) is 5.82 Å². The van der Waals surface area contributed by atoms with E-state index in [0.29, 0.717) is 5.92 Å². The molecule has 1 fully saturated rings. The molecule has 0 spiro atoms. The van der Waals surface area contributed by atoms with Gasteiger partial charge in [-0.25, -0.2) is 17.5 Å². The quantitative estimate of drug-likeness (QED) is 0.875. The van der Waals surface area contributed by atoms with Crippen molar-refractivity contribution in [3.05, 3.63) is 28.5 Å². The average molecular weight is 321 g/mol. The Morgan fingerprint density at radius 3 is 2.65 bits per heavy atom. The summed E-state index contributed by atoms with van der Waals surface area (Å²) in [6.45, 7) is 1.81. The van der Waals surface area contributed by atoms with Gasteiger partial charge in [0.05, 0.1) is 9.92 Å². The summed E-state index contributed by atoms with van der Waals surface area (Å²) in [5.41, 5.74) is 5.73. The fraction of sp³-hybridized carbons (Fsp3) is 0.538. The average Bonchev–Trinajstić information content (AvgIpc) is 2.29. The Labute approximate surface area is 123 Å². The Morgan fingerprint density at radius 2 is 2.15 bits per heavy atom. The Hall–Kier alpha value is -0.690. The van der Waals surface area contributed by atoms with Crippen LogP contribution in [-0.2, 0) is 16.6 Å². The summed E-state index contributed by atoms with van der Waals surface area (Å²) < 4.78 is 40.8. The van der Waals surface area contributed by atoms with Gasteiger partial charge in [-0.3, -0.25) is 0 Å². The van der Waals surface area contributed by atoms with Crippen molar-refractivity contribution in [2.75, 3.05) is 0 Å². The lowest BCUT2D eigenvalue weighted by molar-refractivity contribution is 0.260. The van der Waals surface area contributed by atoms with Gasteiger partial charge in [0.2, 0.25) is 10.0 Å². The summed E-state index contributed by atoms with van der Waals surface area (Å²) in [5.74, 6) is -0.415. The monoisotopic (exact) mass is 320 g/mol. The van der Waals surface area contributed by atoms with Gasteiger partial charge in [0, 0.05) is 12.6 Å². The molecule has 4 nitrogen and oxygen atoms in total. The van der Waals surface area contributed by atoms with E-state index >= 15 is 0 Å². The van der Waals surface area contributed by atoms with Gasteiger partial charge in [-0.15, -0.1) is 0 Å². The van der Waals surface area contributed by atoms with Crippen LogP contribution in [0.1, 0.15) is 31.7 Å². The summed E-state index contributed by atoms with van der Waals surface area (Å²) >= 11 is 5.73. The molecule has 0 aliphatic heterocycles. The maximum absolute atomic E-state index is 13.7. The van der Waals surface area contributed by atoms with E-state index in [0.717, 1.165) is 25.3 Å². The van der Waals surface area contributed by atoms with Crippen LogP contribution in [0.2, 0.25) is 5.02 Å². The van der Waals surface area contributed by atoms with E-state index in [1.54, 1.807) is 0 Å². The fourth-order valence-electron chi connectivity index (χ4n) is 2.27. The molecule has 1 atom stereocenters. The second kappa shape index (κ2) is 5.97. The van der Waals surface area contributed by atoms with E-state index in [-0.39, 0.29) is 28.1 Å². The number of nitrogens with two attached hydrogens (primary N) is 1. The van der Waals surface area contributed by atoms with Crippen molar-refractivity contribution in [2.24, 2.45) is 11.7 Å². The molecule has 0 bridgehead atoms. The predicted octanol–water partition coefficient (Wildman–Crippen LogP) is 2.40. The zero-order valence-electron chi connectivity index (χ0n) is 11.2. The second-order valence-electron chi connectivity index (χ2n) is 5.18. The maximum Gasteiger partial charge on any atom is 0.240 e. The highest BCUT2D eigenvalue weighted by Gasteiger charge is 2.28. The Kier molecular flexibility index (Phi) is 4.69. The lowest BCUT2D eigenvalue weighted by Gasteiger charge is -2.31. The molecule has 0 heterocycles. The van der Waals surface area contributed by atoms with E-state index in [4.69, 9.17) is 17.3 Å². The molecule has 1 aromatic carbocycles. The van der Waals surface area contributed by atoms with Crippen molar-refractivity contribution in [1.29, 1.82) is 0 Å². The van der Waals surface area contributed by atoms with Gasteiger partial charge >= 0.3 is 0 Å². The van der Waals surface area contributed by atoms with Crippen LogP contribution in [0.15, 0.2) is 17.0 Å². The standard InChI is InChI=1S/C13H18ClFN2O2S/c1-8(9-3-2-4-9)17-20(18,19)11-5-10(7-16)13(14)12(15)6-11/h5-6,8-9,17H,2-4,7,16H2,1H3. The Balaban J connectivity index is 2.26. The molecule has 1 saturated carbocycles. The number of rotatable bonds is 5. The molecule has 2 rings (SSSR count). The summed E-state index contributed by atoms with van der Waals surface area (Å²) in [6.07, 6.45) is 3.17. The Morgan fingerprint density at radius 1 is 1.50 bits per heavy atom. The highest BCUT2D eigenvalue weighted by molar-refractivity contribution is 7.89. The van der Waals surface area contributed by atoms with Crippen LogP contribution in [0, 0.1) is 11.7 Å². The van der Waals surface area contributed by atoms with Crippen molar-refractivity contribution >= 4 is 21.6 Å². The minimum Gasteiger partial charge on any atom is -0.326 e. The molecule has 0 saturated heterocycles. The van der Waals surface area contributed by atoms with Gasteiger partial charge in [0.25, 0.3) is 0 Å². The number of sulfonamides is 1. The molecule has 3 N–H and O–H groups in total. The molecule has 0 amide bonds. The van der Waals surface area contributed by atoms with E-state index < -0.39 is 15.8 Å². The number of hydrogen-bond acceptors (Lipinski definition) is 3. The summed E-state index contributed by atoms with van der Waals surface area (Å²) in [7, 11) is -3.76. The van der Waals surface area contributed by atoms with Crippen molar-refractivity contribution in [3.63, 3.8) is 0 Å². The van der Waals surface area contributed by atoms with E-state index in [2.05, 4.69) is 4.72 Å². The van der Waals surface area contributed by atoms with Crippen molar-refractivity contribution in [3.8, 4) is 0 Å². The minimum atomic E-state index is -3.76. The summed E-state index contributed by atoms with van der Waals surface area (Å²) in [5, 5.41) is -0.126. The van der Waals surface area contributed by atoms with Gasteiger partial charge in [0.15, 0.2) is 0 Å². The van der Waals surface area contributed by atoms with E-state index in [1.807, 2.05) is 6.92 Å². The number of hydrogen-bond donors (Lipinski definition) is 2. The minimum absolute atomic E-state index is 0.0166. The van der Waals surface area contributed by atoms with Crippen LogP contribution in [0.3, 0.4) is 0 Å². The normalized spacial score (nSPS) is 17.8. The SMILES string of the molecule is CC(NS(=O)(=O)c1cc(F)c(Cl)c(CN)c1)C1CCC1. The number of nitrogens with one attached hydrogen (secondary N) is 1. The molecular formula is C13H18ClFN2O2S. The first kappa shape index (κ1) is 15.7. The molecule has 0 radical (unpaired) electrons. The zero-order chi connectivity index (χ0) is 14.9. The third-order valence-corrected chi connectivity index (χ3v) is 5.77. The lowest BCUT2D eigenvalue weighted by atomic mass is 9.81. The first-order chi connectivity index (χ1) is 9.35. The second-order valence-corrected chi connectivity index (χ2v) is 7.28. The first-order valence-electron chi connectivity index (χ1n) is 6.55. The maximum atomic E-state index is 13.7. The van der Waals surface area contributed by atoms with Crippen LogP contribution >= 0.6 is 11.6 Å². The van der Waals surface area contributed by atoms with Crippen LogP contribution in [0.5, 0.6) is 0 Å². The molecule has 20 heavy (non-hydrogen) atoms. The Bertz CT molecular complexity index is 603. The molecule has 1 aromatic rings. The fourth-order valence-corrected chi connectivity index (χ4v) is 3.83. The third-order valence-electron chi connectivity index (χ3n) is 3.81. The highest BCUT2D eigenvalue weighted by atomic mass is 35.5. The van der Waals surface area contributed by atoms with Crippen LogP contribution < -0.4 is 10.5 Å². The highest BCUT2D eigenvalue weighted by Crippen LogP contribution is 2.30. The largest absolute Gasteiger partial charge is 0.326 e. The summed E-state index contributed by atoms with van der Waals surface area (Å²) in [6, 6.07) is 2.09. The van der Waals surface area contributed by atoms with E-state index in [1.165, 1.54) is 6.07 Å². The van der Waals surface area contributed by atoms with Crippen molar-refractivity contribution in [2.45, 2.75) is 43.7 Å². The lowest BCUT2D eigenvalue weighted by Crippen LogP contribution is -2.40. The summed E-state index contributed by atoms with van der Waals surface area (Å²) in [4.78, 5) is -0.133. The van der Waals surface area contributed by atoms with Crippen LogP contribution in [0.25, 0.3) is 0 Å². The van der Waals surface area contributed by atoms with Gasteiger partial charge < -0.3 is 5.73 Å². The molecule has 0 aromatic heterocycles. The van der Waals surface area contributed by atoms with Crippen molar-refractivity contribution in [1.82, 2.24) is 4.72 Å².